The summed E-state index contributed by atoms with van der Waals surface area (Å²) in [5.41, 5.74) is 0.518. The molecule has 0 bridgehead atoms. The van der Waals surface area contributed by atoms with Crippen molar-refractivity contribution in [3.05, 3.63) is 28.2 Å². The van der Waals surface area contributed by atoms with Gasteiger partial charge in [-0.3, -0.25) is 4.79 Å². The Kier molecular flexibility index (Phi) is 3.63. The van der Waals surface area contributed by atoms with E-state index in [0.717, 1.165) is 6.29 Å². The largest absolute Gasteiger partial charge is 0.490 e. The highest BCUT2D eigenvalue weighted by Crippen LogP contribution is 2.21. The van der Waals surface area contributed by atoms with Gasteiger partial charge in [-0.05, 0) is 18.2 Å². The lowest BCUT2D eigenvalue weighted by Gasteiger charge is -2.10. The van der Waals surface area contributed by atoms with Crippen LogP contribution in [0, 0.1) is 0 Å². The van der Waals surface area contributed by atoms with Crippen molar-refractivity contribution in [3.63, 3.8) is 0 Å². The van der Waals surface area contributed by atoms with Crippen LogP contribution in [0.5, 0.6) is 5.75 Å². The monoisotopic (exact) mass is 299 g/mol. The van der Waals surface area contributed by atoms with Crippen molar-refractivity contribution < 1.29 is 19.1 Å². The molecule has 1 unspecified atom stereocenters. The Morgan fingerprint density at radius 1 is 1.59 bits per heavy atom. The molecule has 0 aliphatic carbocycles. The zero-order chi connectivity index (χ0) is 12.3. The number of nitrogens with one attached hydrogen (secondary N) is 1. The van der Waals surface area contributed by atoms with Gasteiger partial charge >= 0.3 is 6.09 Å². The molecule has 1 saturated heterocycles. The van der Waals surface area contributed by atoms with E-state index >= 15 is 0 Å². The van der Waals surface area contributed by atoms with Gasteiger partial charge in [0.15, 0.2) is 12.4 Å². The highest BCUT2D eigenvalue weighted by molar-refractivity contribution is 9.10. The molecule has 0 aromatic heterocycles. The van der Waals surface area contributed by atoms with Gasteiger partial charge in [0.25, 0.3) is 0 Å². The van der Waals surface area contributed by atoms with E-state index in [4.69, 9.17) is 9.47 Å². The maximum atomic E-state index is 10.8. The molecule has 2 rings (SSSR count). The van der Waals surface area contributed by atoms with E-state index in [1.54, 1.807) is 18.2 Å². The van der Waals surface area contributed by atoms with Crippen LogP contribution in [0.1, 0.15) is 10.4 Å². The number of hydrogen-bond acceptors (Lipinski definition) is 4. The highest BCUT2D eigenvalue weighted by atomic mass is 79.9. The first-order chi connectivity index (χ1) is 8.19. The summed E-state index contributed by atoms with van der Waals surface area (Å²) in [6.45, 7) is 0.703. The van der Waals surface area contributed by atoms with Crippen molar-refractivity contribution in [2.75, 3.05) is 13.2 Å². The second-order valence-electron chi connectivity index (χ2n) is 3.52. The minimum absolute atomic E-state index is 0.263. The number of carbonyl (C=O) groups is 2. The molecule has 90 valence electrons. The second-order valence-corrected chi connectivity index (χ2v) is 4.37. The summed E-state index contributed by atoms with van der Waals surface area (Å²) in [6, 6.07) is 5.10. The number of benzene rings is 1. The minimum atomic E-state index is -0.428. The Bertz CT molecular complexity index is 449. The average Bonchev–Trinajstić information content (AvgIpc) is 2.74. The van der Waals surface area contributed by atoms with E-state index in [0.29, 0.717) is 22.3 Å². The number of cyclic esters (lactones) is 1. The fourth-order valence-corrected chi connectivity index (χ4v) is 1.76. The Hall–Kier alpha value is -1.56. The van der Waals surface area contributed by atoms with Gasteiger partial charge in [-0.2, -0.15) is 0 Å². The summed E-state index contributed by atoms with van der Waals surface area (Å²) in [4.78, 5) is 21.5. The lowest BCUT2D eigenvalue weighted by molar-refractivity contribution is 0.105. The van der Waals surface area contributed by atoms with Crippen molar-refractivity contribution in [1.82, 2.24) is 5.32 Å². The van der Waals surface area contributed by atoms with Gasteiger partial charge in [0.05, 0.1) is 6.54 Å². The lowest BCUT2D eigenvalue weighted by atomic mass is 10.2. The van der Waals surface area contributed by atoms with Gasteiger partial charge in [-0.1, -0.05) is 15.9 Å². The Labute approximate surface area is 106 Å². The highest BCUT2D eigenvalue weighted by Gasteiger charge is 2.22. The quantitative estimate of drug-likeness (QED) is 0.860. The first-order valence-electron chi connectivity index (χ1n) is 5.01. The average molecular weight is 300 g/mol. The molecule has 1 amide bonds. The molecule has 0 radical (unpaired) electrons. The molecule has 1 N–H and O–H groups in total. The summed E-state index contributed by atoms with van der Waals surface area (Å²) in [5.74, 6) is 0.568. The van der Waals surface area contributed by atoms with Gasteiger partial charge in [-0.25, -0.2) is 4.79 Å². The van der Waals surface area contributed by atoms with Gasteiger partial charge < -0.3 is 14.8 Å². The smallest absolute Gasteiger partial charge is 0.407 e. The van der Waals surface area contributed by atoms with Crippen LogP contribution in [0.25, 0.3) is 0 Å². The van der Waals surface area contributed by atoms with E-state index in [2.05, 4.69) is 21.2 Å². The molecule has 0 saturated carbocycles. The van der Waals surface area contributed by atoms with Gasteiger partial charge in [0.2, 0.25) is 0 Å². The standard InChI is InChI=1S/C11H10BrNO4/c12-10-2-1-8(3-7(10)5-14)16-6-9-4-13-11(15)17-9/h1-3,5,9H,4,6H2,(H,13,15). The maximum Gasteiger partial charge on any atom is 0.407 e. The fraction of sp³-hybridized carbons (Fsp3) is 0.273. The number of carbonyl (C=O) groups excluding carboxylic acids is 2. The Balaban J connectivity index is 1.95. The number of hydrogen-bond donors (Lipinski definition) is 1. The summed E-state index contributed by atoms with van der Waals surface area (Å²) >= 11 is 3.25. The first-order valence-corrected chi connectivity index (χ1v) is 5.80. The van der Waals surface area contributed by atoms with Gasteiger partial charge in [0.1, 0.15) is 12.4 Å². The van der Waals surface area contributed by atoms with Crippen molar-refractivity contribution in [2.45, 2.75) is 6.10 Å². The van der Waals surface area contributed by atoms with E-state index in [-0.39, 0.29) is 12.7 Å². The number of aldehydes is 1. The zero-order valence-electron chi connectivity index (χ0n) is 8.81. The molecule has 1 fully saturated rings. The Morgan fingerprint density at radius 2 is 2.41 bits per heavy atom. The zero-order valence-corrected chi connectivity index (χ0v) is 10.4. The SMILES string of the molecule is O=Cc1cc(OCC2CNC(=O)O2)ccc1Br. The van der Waals surface area contributed by atoms with Crippen LogP contribution in [0.4, 0.5) is 4.79 Å². The summed E-state index contributed by atoms with van der Waals surface area (Å²) in [5, 5.41) is 2.53. The number of rotatable bonds is 4. The molecule has 17 heavy (non-hydrogen) atoms. The van der Waals surface area contributed by atoms with E-state index < -0.39 is 6.09 Å². The molecule has 0 spiro atoms. The molecule has 1 aliphatic heterocycles. The Morgan fingerprint density at radius 3 is 3.06 bits per heavy atom. The summed E-state index contributed by atoms with van der Waals surface area (Å²) in [7, 11) is 0. The summed E-state index contributed by atoms with van der Waals surface area (Å²) in [6.07, 6.45) is 0.0301. The van der Waals surface area contributed by atoms with Gasteiger partial charge in [-0.15, -0.1) is 0 Å². The predicted molar refractivity (Wildman–Crippen MR) is 63.3 cm³/mol. The van der Waals surface area contributed by atoms with Crippen LogP contribution in [0.3, 0.4) is 0 Å². The molecule has 1 aromatic carbocycles. The first kappa shape index (κ1) is 11.9. The third-order valence-electron chi connectivity index (χ3n) is 2.28. The van der Waals surface area contributed by atoms with Crippen molar-refractivity contribution in [2.24, 2.45) is 0 Å². The molecule has 1 aromatic rings. The van der Waals surface area contributed by atoms with E-state index in [1.807, 2.05) is 0 Å². The van der Waals surface area contributed by atoms with Crippen LogP contribution in [-0.2, 0) is 4.74 Å². The predicted octanol–water partition coefficient (Wildman–Crippen LogP) is 1.75. The fourth-order valence-electron chi connectivity index (χ4n) is 1.42. The number of amides is 1. The lowest BCUT2D eigenvalue weighted by Crippen LogP contribution is -2.21. The van der Waals surface area contributed by atoms with Crippen LogP contribution in [-0.4, -0.2) is 31.6 Å². The molecule has 1 heterocycles. The van der Waals surface area contributed by atoms with Gasteiger partial charge in [0, 0.05) is 10.0 Å². The molecular formula is C11H10BrNO4. The van der Waals surface area contributed by atoms with Crippen LogP contribution in [0.15, 0.2) is 22.7 Å². The summed E-state index contributed by atoms with van der Waals surface area (Å²) < 4.78 is 11.1. The van der Waals surface area contributed by atoms with Crippen LogP contribution >= 0.6 is 15.9 Å². The molecule has 1 aliphatic rings. The van der Waals surface area contributed by atoms with E-state index in [1.165, 1.54) is 0 Å². The van der Waals surface area contributed by atoms with Crippen molar-refractivity contribution in [3.8, 4) is 5.75 Å². The third-order valence-corrected chi connectivity index (χ3v) is 3.00. The number of halogens is 1. The van der Waals surface area contributed by atoms with E-state index in [9.17, 15) is 9.59 Å². The topological polar surface area (TPSA) is 64.6 Å². The van der Waals surface area contributed by atoms with Crippen molar-refractivity contribution >= 4 is 28.3 Å². The second kappa shape index (κ2) is 5.18. The molecular weight excluding hydrogens is 290 g/mol. The molecule has 6 heteroatoms. The normalized spacial score (nSPS) is 18.4. The van der Waals surface area contributed by atoms with Crippen LogP contribution in [0.2, 0.25) is 0 Å². The number of alkyl carbamates (subject to hydrolysis) is 1. The number of ether oxygens (including phenoxy) is 2. The van der Waals surface area contributed by atoms with Crippen LogP contribution < -0.4 is 10.1 Å². The third kappa shape index (κ3) is 2.97. The molecule has 1 atom stereocenters. The minimum Gasteiger partial charge on any atom is -0.490 e. The van der Waals surface area contributed by atoms with Crippen molar-refractivity contribution in [1.29, 1.82) is 0 Å². The maximum absolute atomic E-state index is 10.8. The molecule has 5 nitrogen and oxygen atoms in total.